The molecule has 0 aliphatic heterocycles. The smallest absolute Gasteiger partial charge is 0.269 e. The summed E-state index contributed by atoms with van der Waals surface area (Å²) in [5.74, 6) is -0.207. The Morgan fingerprint density at radius 1 is 1.44 bits per heavy atom. The van der Waals surface area contributed by atoms with E-state index in [-0.39, 0.29) is 5.91 Å². The van der Waals surface area contributed by atoms with Crippen LogP contribution in [0, 0.1) is 6.92 Å². The second kappa shape index (κ2) is 4.87. The molecule has 0 radical (unpaired) electrons. The summed E-state index contributed by atoms with van der Waals surface area (Å²) in [6.45, 7) is 1.92. The Labute approximate surface area is 105 Å². The van der Waals surface area contributed by atoms with E-state index in [1.807, 2.05) is 20.2 Å². The molecule has 18 heavy (non-hydrogen) atoms. The maximum atomic E-state index is 11.5. The summed E-state index contributed by atoms with van der Waals surface area (Å²) in [6.07, 6.45) is 3.48. The van der Waals surface area contributed by atoms with Gasteiger partial charge in [-0.1, -0.05) is 0 Å². The molecule has 0 spiro atoms. The fourth-order valence-corrected chi connectivity index (χ4v) is 1.64. The van der Waals surface area contributed by atoms with Gasteiger partial charge in [0, 0.05) is 32.2 Å². The zero-order valence-corrected chi connectivity index (χ0v) is 10.6. The van der Waals surface area contributed by atoms with Crippen molar-refractivity contribution in [3.05, 3.63) is 35.9 Å². The van der Waals surface area contributed by atoms with Crippen molar-refractivity contribution in [3.8, 4) is 0 Å². The molecule has 0 saturated carbocycles. The van der Waals surface area contributed by atoms with E-state index in [4.69, 9.17) is 0 Å². The van der Waals surface area contributed by atoms with Crippen LogP contribution >= 0.6 is 0 Å². The molecule has 0 bridgehead atoms. The molecule has 2 aromatic heterocycles. The Morgan fingerprint density at radius 3 is 2.83 bits per heavy atom. The highest BCUT2D eigenvalue weighted by Gasteiger charge is 2.07. The van der Waals surface area contributed by atoms with Gasteiger partial charge in [0.1, 0.15) is 5.69 Å². The summed E-state index contributed by atoms with van der Waals surface area (Å²) < 4.78 is 1.73. The lowest BCUT2D eigenvalue weighted by Crippen LogP contribution is -2.19. The third-order valence-electron chi connectivity index (χ3n) is 2.51. The maximum Gasteiger partial charge on any atom is 0.269 e. The van der Waals surface area contributed by atoms with Crippen LogP contribution < -0.4 is 10.6 Å². The van der Waals surface area contributed by atoms with Crippen LogP contribution in [0.5, 0.6) is 0 Å². The molecule has 0 unspecified atom stereocenters. The van der Waals surface area contributed by atoms with Gasteiger partial charge in [0.2, 0.25) is 0 Å². The molecular weight excluding hydrogens is 230 g/mol. The first-order valence-corrected chi connectivity index (χ1v) is 5.55. The summed E-state index contributed by atoms with van der Waals surface area (Å²) in [7, 11) is 3.44. The van der Waals surface area contributed by atoms with Crippen molar-refractivity contribution in [3.63, 3.8) is 0 Å². The zero-order valence-electron chi connectivity index (χ0n) is 10.6. The number of rotatable bonds is 3. The van der Waals surface area contributed by atoms with Crippen molar-refractivity contribution in [2.45, 2.75) is 6.92 Å². The van der Waals surface area contributed by atoms with E-state index in [1.165, 1.54) is 0 Å². The number of anilines is 2. The van der Waals surface area contributed by atoms with Crippen LogP contribution in [0.4, 0.5) is 11.4 Å². The van der Waals surface area contributed by atoms with E-state index in [0.717, 1.165) is 17.1 Å². The highest BCUT2D eigenvalue weighted by Crippen LogP contribution is 2.19. The number of pyridine rings is 1. The van der Waals surface area contributed by atoms with Crippen molar-refractivity contribution >= 4 is 17.3 Å². The van der Waals surface area contributed by atoms with Crippen molar-refractivity contribution in [2.75, 3.05) is 12.4 Å². The fourth-order valence-electron chi connectivity index (χ4n) is 1.64. The molecule has 0 saturated heterocycles. The molecule has 94 valence electrons. The predicted molar refractivity (Wildman–Crippen MR) is 68.9 cm³/mol. The topological polar surface area (TPSA) is 71.8 Å². The molecule has 2 N–H and O–H groups in total. The van der Waals surface area contributed by atoms with Crippen LogP contribution in [-0.4, -0.2) is 27.7 Å². The minimum Gasteiger partial charge on any atom is -0.354 e. The molecule has 0 atom stereocenters. The summed E-state index contributed by atoms with van der Waals surface area (Å²) in [4.78, 5) is 15.5. The lowest BCUT2D eigenvalue weighted by Gasteiger charge is -2.06. The van der Waals surface area contributed by atoms with Crippen LogP contribution in [0.3, 0.4) is 0 Å². The Hall–Kier alpha value is -2.37. The van der Waals surface area contributed by atoms with Crippen LogP contribution in [0.1, 0.15) is 16.2 Å². The third kappa shape index (κ3) is 2.48. The molecule has 0 aromatic carbocycles. The number of nitrogens with zero attached hydrogens (tertiary/aromatic N) is 3. The second-order valence-corrected chi connectivity index (χ2v) is 3.94. The molecule has 2 rings (SSSR count). The van der Waals surface area contributed by atoms with Gasteiger partial charge in [-0.2, -0.15) is 5.10 Å². The van der Waals surface area contributed by atoms with E-state index >= 15 is 0 Å². The summed E-state index contributed by atoms with van der Waals surface area (Å²) >= 11 is 0. The van der Waals surface area contributed by atoms with Crippen molar-refractivity contribution < 1.29 is 4.79 Å². The molecule has 0 fully saturated rings. The fraction of sp³-hybridized carbons (Fsp3) is 0.250. The lowest BCUT2D eigenvalue weighted by atomic mass is 10.3. The first kappa shape index (κ1) is 12.1. The van der Waals surface area contributed by atoms with E-state index in [9.17, 15) is 4.79 Å². The first-order chi connectivity index (χ1) is 8.60. The summed E-state index contributed by atoms with van der Waals surface area (Å²) in [5.41, 5.74) is 2.99. The Balaban J connectivity index is 2.24. The van der Waals surface area contributed by atoms with Gasteiger partial charge >= 0.3 is 0 Å². The zero-order chi connectivity index (χ0) is 13.1. The van der Waals surface area contributed by atoms with Crippen LogP contribution in [0.25, 0.3) is 0 Å². The molecule has 2 heterocycles. The number of carbonyl (C=O) groups excluding carboxylic acids is 1. The number of carbonyl (C=O) groups is 1. The normalized spacial score (nSPS) is 10.2. The number of aromatic nitrogens is 3. The number of hydrogen-bond donors (Lipinski definition) is 2. The van der Waals surface area contributed by atoms with E-state index in [2.05, 4.69) is 20.7 Å². The molecule has 1 amide bonds. The number of amides is 1. The van der Waals surface area contributed by atoms with Gasteiger partial charge < -0.3 is 10.6 Å². The minimum absolute atomic E-state index is 0.207. The van der Waals surface area contributed by atoms with Crippen LogP contribution in [0.2, 0.25) is 0 Å². The minimum atomic E-state index is -0.207. The number of nitrogens with one attached hydrogen (secondary N) is 2. The summed E-state index contributed by atoms with van der Waals surface area (Å²) in [5, 5.41) is 9.99. The number of aryl methyl sites for hydroxylation is 2. The average Bonchev–Trinajstić information content (AvgIpc) is 2.67. The van der Waals surface area contributed by atoms with Gasteiger partial charge in [-0.15, -0.1) is 0 Å². The van der Waals surface area contributed by atoms with E-state index in [1.54, 1.807) is 30.1 Å². The van der Waals surface area contributed by atoms with Gasteiger partial charge in [0.25, 0.3) is 5.91 Å². The molecule has 6 nitrogen and oxygen atoms in total. The van der Waals surface area contributed by atoms with Crippen LogP contribution in [0.15, 0.2) is 24.5 Å². The average molecular weight is 245 g/mol. The molecule has 0 aliphatic carbocycles. The monoisotopic (exact) mass is 245 g/mol. The van der Waals surface area contributed by atoms with Crippen molar-refractivity contribution in [1.29, 1.82) is 0 Å². The lowest BCUT2D eigenvalue weighted by molar-refractivity contribution is 0.0958. The third-order valence-corrected chi connectivity index (χ3v) is 2.51. The van der Waals surface area contributed by atoms with Crippen molar-refractivity contribution in [1.82, 2.24) is 20.1 Å². The highest BCUT2D eigenvalue weighted by atomic mass is 16.1. The molecule has 2 aromatic rings. The highest BCUT2D eigenvalue weighted by molar-refractivity contribution is 5.93. The molecule has 6 heteroatoms. The summed E-state index contributed by atoms with van der Waals surface area (Å²) in [6, 6.07) is 3.50. The number of hydrogen-bond acceptors (Lipinski definition) is 4. The quantitative estimate of drug-likeness (QED) is 0.853. The first-order valence-electron chi connectivity index (χ1n) is 5.55. The Bertz CT molecular complexity index is 576. The Kier molecular flexibility index (Phi) is 3.27. The largest absolute Gasteiger partial charge is 0.354 e. The standard InChI is InChI=1S/C12H15N5O/c1-8-11(7-17(3)16-8)15-9-4-5-14-10(6-9)12(18)13-2/h4-7H,1-3H3,(H,13,18)(H,14,15). The predicted octanol–water partition coefficient (Wildman–Crippen LogP) is 1.23. The second-order valence-electron chi connectivity index (χ2n) is 3.94. The van der Waals surface area contributed by atoms with Gasteiger partial charge in [0.15, 0.2) is 0 Å². The van der Waals surface area contributed by atoms with Gasteiger partial charge in [-0.3, -0.25) is 14.5 Å². The Morgan fingerprint density at radius 2 is 2.22 bits per heavy atom. The van der Waals surface area contributed by atoms with Crippen LogP contribution in [-0.2, 0) is 7.05 Å². The SMILES string of the molecule is CNC(=O)c1cc(Nc2cn(C)nc2C)ccn1. The van der Waals surface area contributed by atoms with Gasteiger partial charge in [0.05, 0.1) is 11.4 Å². The van der Waals surface area contributed by atoms with E-state index in [0.29, 0.717) is 5.69 Å². The van der Waals surface area contributed by atoms with E-state index < -0.39 is 0 Å². The molecular formula is C12H15N5O. The van der Waals surface area contributed by atoms with Gasteiger partial charge in [-0.05, 0) is 19.1 Å². The van der Waals surface area contributed by atoms with Gasteiger partial charge in [-0.25, -0.2) is 0 Å². The maximum absolute atomic E-state index is 11.5. The van der Waals surface area contributed by atoms with Crippen molar-refractivity contribution in [2.24, 2.45) is 7.05 Å². The molecule has 0 aliphatic rings.